The van der Waals surface area contributed by atoms with Crippen LogP contribution in [-0.2, 0) is 5.60 Å². The van der Waals surface area contributed by atoms with E-state index in [1.807, 2.05) is 0 Å². The van der Waals surface area contributed by atoms with Crippen molar-refractivity contribution in [2.45, 2.75) is 18.4 Å². The van der Waals surface area contributed by atoms with Gasteiger partial charge in [-0.05, 0) is 55.2 Å². The smallest absolute Gasteiger partial charge is 0.230 e. The summed E-state index contributed by atoms with van der Waals surface area (Å²) in [4.78, 5) is 0. The molecule has 0 aromatic heterocycles. The number of ether oxygens (including phenoxy) is 2. The molecule has 3 nitrogen and oxygen atoms in total. The van der Waals surface area contributed by atoms with Gasteiger partial charge in [0.25, 0.3) is 0 Å². The normalized spacial score (nSPS) is 19.0. The van der Waals surface area contributed by atoms with E-state index in [0.29, 0.717) is 32.7 Å². The van der Waals surface area contributed by atoms with E-state index >= 15 is 0 Å². The second kappa shape index (κ2) is 5.05. The molecule has 0 spiro atoms. The van der Waals surface area contributed by atoms with Crippen LogP contribution in [0.4, 0.5) is 0 Å². The lowest BCUT2D eigenvalue weighted by molar-refractivity contribution is 0.0315. The Morgan fingerprint density at radius 1 is 0.909 bits per heavy atom. The number of benzene rings is 2. The quantitative estimate of drug-likeness (QED) is 0.840. The van der Waals surface area contributed by atoms with Crippen molar-refractivity contribution in [2.24, 2.45) is 5.92 Å². The van der Waals surface area contributed by atoms with Crippen LogP contribution in [0.5, 0.6) is 11.5 Å². The SMILES string of the molecule is OC1(C2CC2)c2cc(Cl)ccc2OCOc2ccc(Cl)cc21. The van der Waals surface area contributed by atoms with Crippen LogP contribution in [-0.4, -0.2) is 11.9 Å². The van der Waals surface area contributed by atoms with Crippen molar-refractivity contribution in [2.75, 3.05) is 6.79 Å². The van der Waals surface area contributed by atoms with E-state index < -0.39 is 5.60 Å². The van der Waals surface area contributed by atoms with Crippen molar-refractivity contribution < 1.29 is 14.6 Å². The zero-order valence-corrected chi connectivity index (χ0v) is 13.2. The summed E-state index contributed by atoms with van der Waals surface area (Å²) in [6.07, 6.45) is 1.88. The standard InChI is InChI=1S/C17H14Cl2O3/c18-11-3-5-15-13(7-11)17(20,10-1-2-10)14-8-12(19)4-6-16(14)22-9-21-15/h3-8,10,20H,1-2,9H2. The third kappa shape index (κ3) is 2.16. The van der Waals surface area contributed by atoms with Crippen LogP contribution < -0.4 is 9.47 Å². The van der Waals surface area contributed by atoms with Gasteiger partial charge in [0.1, 0.15) is 17.1 Å². The molecule has 0 atom stereocenters. The summed E-state index contributed by atoms with van der Waals surface area (Å²) in [5.41, 5.74) is 0.143. The average Bonchev–Trinajstić information content (AvgIpc) is 3.33. The van der Waals surface area contributed by atoms with Gasteiger partial charge in [-0.2, -0.15) is 0 Å². The van der Waals surface area contributed by atoms with Crippen molar-refractivity contribution in [3.63, 3.8) is 0 Å². The van der Waals surface area contributed by atoms with Crippen LogP contribution in [0, 0.1) is 5.92 Å². The third-order valence-corrected chi connectivity index (χ3v) is 4.77. The molecular formula is C17H14Cl2O3. The molecule has 1 saturated carbocycles. The summed E-state index contributed by atoms with van der Waals surface area (Å²) in [5.74, 6) is 1.28. The molecule has 2 aromatic rings. The Labute approximate surface area is 138 Å². The molecule has 4 rings (SSSR count). The molecule has 0 unspecified atom stereocenters. The second-order valence-electron chi connectivity index (χ2n) is 5.73. The first-order valence-corrected chi connectivity index (χ1v) is 7.92. The fourth-order valence-electron chi connectivity index (χ4n) is 3.09. The predicted molar refractivity (Wildman–Crippen MR) is 84.7 cm³/mol. The minimum Gasteiger partial charge on any atom is -0.457 e. The van der Waals surface area contributed by atoms with Gasteiger partial charge in [0.05, 0.1) is 0 Å². The van der Waals surface area contributed by atoms with Gasteiger partial charge in [-0.3, -0.25) is 0 Å². The Kier molecular flexibility index (Phi) is 3.26. The molecule has 0 bridgehead atoms. The third-order valence-electron chi connectivity index (χ3n) is 4.30. The Balaban J connectivity index is 2.01. The fraction of sp³-hybridized carbons (Fsp3) is 0.294. The van der Waals surface area contributed by atoms with E-state index in [9.17, 15) is 5.11 Å². The molecule has 1 fully saturated rings. The molecule has 5 heteroatoms. The summed E-state index contributed by atoms with van der Waals surface area (Å²) in [7, 11) is 0. The van der Waals surface area contributed by atoms with Crippen molar-refractivity contribution >= 4 is 23.2 Å². The Morgan fingerprint density at radius 2 is 1.41 bits per heavy atom. The first kappa shape index (κ1) is 14.2. The number of hydrogen-bond acceptors (Lipinski definition) is 3. The van der Waals surface area contributed by atoms with E-state index in [4.69, 9.17) is 32.7 Å². The highest BCUT2D eigenvalue weighted by molar-refractivity contribution is 6.31. The maximum absolute atomic E-state index is 11.6. The van der Waals surface area contributed by atoms with Crippen molar-refractivity contribution in [1.29, 1.82) is 0 Å². The highest BCUT2D eigenvalue weighted by Gasteiger charge is 2.50. The number of aliphatic hydroxyl groups is 1. The lowest BCUT2D eigenvalue weighted by Crippen LogP contribution is -2.33. The van der Waals surface area contributed by atoms with Crippen LogP contribution in [0.25, 0.3) is 0 Å². The van der Waals surface area contributed by atoms with Gasteiger partial charge >= 0.3 is 0 Å². The fourth-order valence-corrected chi connectivity index (χ4v) is 3.44. The Hall–Kier alpha value is -1.42. The molecule has 2 aromatic carbocycles. The van der Waals surface area contributed by atoms with Crippen LogP contribution in [0.3, 0.4) is 0 Å². The van der Waals surface area contributed by atoms with Crippen LogP contribution in [0.1, 0.15) is 24.0 Å². The molecule has 0 saturated heterocycles. The second-order valence-corrected chi connectivity index (χ2v) is 6.60. The van der Waals surface area contributed by atoms with E-state index in [0.717, 1.165) is 12.8 Å². The number of hydrogen-bond donors (Lipinski definition) is 1. The molecule has 114 valence electrons. The monoisotopic (exact) mass is 336 g/mol. The van der Waals surface area contributed by atoms with Crippen LogP contribution >= 0.6 is 23.2 Å². The highest BCUT2D eigenvalue weighted by Crippen LogP contribution is 2.55. The van der Waals surface area contributed by atoms with Gasteiger partial charge in [0.2, 0.25) is 6.79 Å². The first-order chi connectivity index (χ1) is 10.6. The number of rotatable bonds is 1. The van der Waals surface area contributed by atoms with Gasteiger partial charge in [-0.1, -0.05) is 23.2 Å². The Morgan fingerprint density at radius 3 is 1.86 bits per heavy atom. The van der Waals surface area contributed by atoms with Crippen molar-refractivity contribution in [3.8, 4) is 11.5 Å². The molecular weight excluding hydrogens is 323 g/mol. The number of fused-ring (bicyclic) bond motifs is 2. The van der Waals surface area contributed by atoms with Crippen molar-refractivity contribution in [1.82, 2.24) is 0 Å². The largest absolute Gasteiger partial charge is 0.457 e. The maximum Gasteiger partial charge on any atom is 0.230 e. The molecule has 0 amide bonds. The minimum absolute atomic E-state index is 0.0734. The van der Waals surface area contributed by atoms with E-state index in [1.165, 1.54) is 0 Å². The molecule has 1 aliphatic heterocycles. The summed E-state index contributed by atoms with van der Waals surface area (Å²) in [5, 5.41) is 12.7. The predicted octanol–water partition coefficient (Wildman–Crippen LogP) is 4.37. The number of halogens is 2. The topological polar surface area (TPSA) is 38.7 Å². The lowest BCUT2D eigenvalue weighted by Gasteiger charge is -2.34. The van der Waals surface area contributed by atoms with Gasteiger partial charge in [-0.25, -0.2) is 0 Å². The van der Waals surface area contributed by atoms with Gasteiger partial charge in [0.15, 0.2) is 0 Å². The molecule has 22 heavy (non-hydrogen) atoms. The molecule has 1 N–H and O–H groups in total. The molecule has 0 radical (unpaired) electrons. The zero-order chi connectivity index (χ0) is 15.3. The lowest BCUT2D eigenvalue weighted by atomic mass is 9.81. The summed E-state index contributed by atoms with van der Waals surface area (Å²) < 4.78 is 11.3. The zero-order valence-electron chi connectivity index (χ0n) is 11.7. The van der Waals surface area contributed by atoms with Crippen molar-refractivity contribution in [3.05, 3.63) is 57.6 Å². The van der Waals surface area contributed by atoms with Gasteiger partial charge in [-0.15, -0.1) is 0 Å². The Bertz CT molecular complexity index is 687. The molecule has 2 aliphatic rings. The van der Waals surface area contributed by atoms with Gasteiger partial charge in [0, 0.05) is 21.2 Å². The van der Waals surface area contributed by atoms with E-state index in [-0.39, 0.29) is 12.7 Å². The van der Waals surface area contributed by atoms with Crippen LogP contribution in [0.15, 0.2) is 36.4 Å². The van der Waals surface area contributed by atoms with Gasteiger partial charge < -0.3 is 14.6 Å². The van der Waals surface area contributed by atoms with E-state index in [1.54, 1.807) is 36.4 Å². The van der Waals surface area contributed by atoms with E-state index in [2.05, 4.69) is 0 Å². The molecule has 1 heterocycles. The summed E-state index contributed by atoms with van der Waals surface area (Å²) >= 11 is 12.3. The summed E-state index contributed by atoms with van der Waals surface area (Å²) in [6.45, 7) is 0.0734. The van der Waals surface area contributed by atoms with Crippen LogP contribution in [0.2, 0.25) is 10.0 Å². The molecule has 1 aliphatic carbocycles. The highest BCUT2D eigenvalue weighted by atomic mass is 35.5. The average molecular weight is 337 g/mol. The maximum atomic E-state index is 11.6. The first-order valence-electron chi connectivity index (χ1n) is 7.17. The summed E-state index contributed by atoms with van der Waals surface area (Å²) in [6, 6.07) is 10.6. The minimum atomic E-state index is -1.21.